The zero-order valence-electron chi connectivity index (χ0n) is 15.4. The van der Waals surface area contributed by atoms with E-state index in [1.807, 2.05) is 18.2 Å². The van der Waals surface area contributed by atoms with Gasteiger partial charge in [-0.15, -0.1) is 0 Å². The third kappa shape index (κ3) is 4.24. The molecule has 2 aliphatic rings. The summed E-state index contributed by atoms with van der Waals surface area (Å²) in [6.07, 6.45) is 4.65. The van der Waals surface area contributed by atoms with Crippen LogP contribution in [0.1, 0.15) is 38.3 Å². The standard InChI is InChI=1S/C20H24N2O5/c1-13-4-2-3-5-16(13)21-20(23)11-24-10-15-9-18(27-22-15)14-6-7-17-19(8-14)26-12-25-17/h6-9,13,16H,2-5,10-12H2,1H3,(H,21,23)/t13-,16+/m0/s1. The summed E-state index contributed by atoms with van der Waals surface area (Å²) in [4.78, 5) is 12.1. The van der Waals surface area contributed by atoms with Crippen LogP contribution in [0.5, 0.6) is 11.5 Å². The molecule has 7 nitrogen and oxygen atoms in total. The lowest BCUT2D eigenvalue weighted by atomic mass is 9.86. The van der Waals surface area contributed by atoms with Crippen LogP contribution in [0.2, 0.25) is 0 Å². The van der Waals surface area contributed by atoms with Gasteiger partial charge in [0.25, 0.3) is 0 Å². The molecule has 1 aromatic carbocycles. The summed E-state index contributed by atoms with van der Waals surface area (Å²) in [5.74, 6) is 2.48. The molecule has 4 rings (SSSR count). The molecule has 0 saturated heterocycles. The molecule has 27 heavy (non-hydrogen) atoms. The van der Waals surface area contributed by atoms with Crippen molar-refractivity contribution in [3.63, 3.8) is 0 Å². The van der Waals surface area contributed by atoms with Crippen molar-refractivity contribution in [3.8, 4) is 22.8 Å². The van der Waals surface area contributed by atoms with E-state index in [2.05, 4.69) is 17.4 Å². The second-order valence-electron chi connectivity index (χ2n) is 7.18. The first-order valence-corrected chi connectivity index (χ1v) is 9.42. The molecule has 1 aromatic heterocycles. The summed E-state index contributed by atoms with van der Waals surface area (Å²) in [6, 6.07) is 7.65. The average molecular weight is 372 g/mol. The Hall–Kier alpha value is -2.54. The van der Waals surface area contributed by atoms with E-state index in [1.54, 1.807) is 6.07 Å². The molecule has 7 heteroatoms. The highest BCUT2D eigenvalue weighted by Crippen LogP contribution is 2.36. The Morgan fingerprint density at radius 2 is 2.07 bits per heavy atom. The van der Waals surface area contributed by atoms with Crippen molar-refractivity contribution in [1.82, 2.24) is 10.5 Å². The Morgan fingerprint density at radius 3 is 2.96 bits per heavy atom. The minimum Gasteiger partial charge on any atom is -0.454 e. The molecule has 2 atom stereocenters. The molecule has 1 saturated carbocycles. The fourth-order valence-electron chi connectivity index (χ4n) is 3.59. The van der Waals surface area contributed by atoms with Crippen molar-refractivity contribution >= 4 is 5.91 Å². The van der Waals surface area contributed by atoms with Gasteiger partial charge in [0, 0.05) is 17.7 Å². The first-order chi connectivity index (χ1) is 13.2. The summed E-state index contributed by atoms with van der Waals surface area (Å²) >= 11 is 0. The van der Waals surface area contributed by atoms with E-state index in [0.29, 0.717) is 23.1 Å². The van der Waals surface area contributed by atoms with E-state index in [4.69, 9.17) is 18.7 Å². The third-order valence-electron chi connectivity index (χ3n) is 5.16. The zero-order chi connectivity index (χ0) is 18.6. The van der Waals surface area contributed by atoms with Gasteiger partial charge in [-0.3, -0.25) is 4.79 Å². The topological polar surface area (TPSA) is 82.8 Å². The Kier molecular flexibility index (Phi) is 5.29. The van der Waals surface area contributed by atoms with Gasteiger partial charge in [0.2, 0.25) is 12.7 Å². The van der Waals surface area contributed by atoms with Crippen LogP contribution in [-0.2, 0) is 16.1 Å². The highest BCUT2D eigenvalue weighted by molar-refractivity contribution is 5.77. The van der Waals surface area contributed by atoms with Crippen molar-refractivity contribution < 1.29 is 23.5 Å². The molecule has 2 heterocycles. The van der Waals surface area contributed by atoms with E-state index in [1.165, 1.54) is 19.3 Å². The van der Waals surface area contributed by atoms with Crippen LogP contribution in [0.15, 0.2) is 28.8 Å². The van der Waals surface area contributed by atoms with Gasteiger partial charge in [-0.2, -0.15) is 0 Å². The molecule has 1 amide bonds. The van der Waals surface area contributed by atoms with Crippen LogP contribution in [0.3, 0.4) is 0 Å². The quantitative estimate of drug-likeness (QED) is 0.838. The van der Waals surface area contributed by atoms with Gasteiger partial charge in [-0.05, 0) is 37.0 Å². The van der Waals surface area contributed by atoms with Crippen molar-refractivity contribution in [2.45, 2.75) is 45.3 Å². The van der Waals surface area contributed by atoms with Gasteiger partial charge in [0.05, 0.1) is 6.61 Å². The minimum absolute atomic E-state index is 0.0233. The number of rotatable bonds is 6. The molecule has 2 aromatic rings. The Balaban J connectivity index is 1.26. The second kappa shape index (κ2) is 8.00. The first-order valence-electron chi connectivity index (χ1n) is 9.42. The smallest absolute Gasteiger partial charge is 0.246 e. The molecule has 1 aliphatic carbocycles. The second-order valence-corrected chi connectivity index (χ2v) is 7.18. The maximum Gasteiger partial charge on any atom is 0.246 e. The van der Waals surface area contributed by atoms with Crippen molar-refractivity contribution in [2.24, 2.45) is 5.92 Å². The highest BCUT2D eigenvalue weighted by Gasteiger charge is 2.22. The van der Waals surface area contributed by atoms with Crippen molar-refractivity contribution in [3.05, 3.63) is 30.0 Å². The highest BCUT2D eigenvalue weighted by atomic mass is 16.7. The molecule has 1 aliphatic heterocycles. The average Bonchev–Trinajstić information content (AvgIpc) is 3.32. The number of nitrogens with zero attached hydrogens (tertiary/aromatic N) is 1. The van der Waals surface area contributed by atoms with Crippen LogP contribution in [0.25, 0.3) is 11.3 Å². The zero-order valence-corrected chi connectivity index (χ0v) is 15.4. The van der Waals surface area contributed by atoms with Gasteiger partial charge in [0.1, 0.15) is 12.3 Å². The number of hydrogen-bond acceptors (Lipinski definition) is 6. The van der Waals surface area contributed by atoms with E-state index in [0.717, 1.165) is 17.7 Å². The summed E-state index contributed by atoms with van der Waals surface area (Å²) < 4.78 is 21.6. The van der Waals surface area contributed by atoms with E-state index < -0.39 is 0 Å². The van der Waals surface area contributed by atoms with E-state index in [-0.39, 0.29) is 32.0 Å². The van der Waals surface area contributed by atoms with Gasteiger partial charge in [-0.1, -0.05) is 24.9 Å². The normalized spacial score (nSPS) is 21.2. The Bertz CT molecular complexity index is 803. The van der Waals surface area contributed by atoms with Crippen LogP contribution >= 0.6 is 0 Å². The number of carbonyl (C=O) groups excluding carboxylic acids is 1. The molecule has 0 bridgehead atoms. The monoisotopic (exact) mass is 372 g/mol. The fraction of sp³-hybridized carbons (Fsp3) is 0.500. The predicted molar refractivity (Wildman–Crippen MR) is 97.3 cm³/mol. The number of fused-ring (bicyclic) bond motifs is 1. The number of hydrogen-bond donors (Lipinski definition) is 1. The number of benzene rings is 1. The largest absolute Gasteiger partial charge is 0.454 e. The van der Waals surface area contributed by atoms with Gasteiger partial charge >= 0.3 is 0 Å². The lowest BCUT2D eigenvalue weighted by molar-refractivity contribution is -0.127. The Morgan fingerprint density at radius 1 is 1.22 bits per heavy atom. The SMILES string of the molecule is C[C@H]1CCCC[C@H]1NC(=O)COCc1cc(-c2ccc3c(c2)OCO3)on1. The number of carbonyl (C=O) groups is 1. The molecule has 1 N–H and O–H groups in total. The first kappa shape index (κ1) is 17.9. The van der Waals surface area contributed by atoms with Crippen molar-refractivity contribution in [1.29, 1.82) is 0 Å². The lowest BCUT2D eigenvalue weighted by Gasteiger charge is -2.29. The summed E-state index contributed by atoms with van der Waals surface area (Å²) in [7, 11) is 0. The molecule has 0 spiro atoms. The molecular weight excluding hydrogens is 348 g/mol. The maximum atomic E-state index is 12.1. The summed E-state index contributed by atoms with van der Waals surface area (Å²) in [6.45, 7) is 2.67. The van der Waals surface area contributed by atoms with Crippen LogP contribution in [-0.4, -0.2) is 30.5 Å². The molecule has 144 valence electrons. The van der Waals surface area contributed by atoms with Crippen molar-refractivity contribution in [2.75, 3.05) is 13.4 Å². The van der Waals surface area contributed by atoms with E-state index in [9.17, 15) is 4.79 Å². The predicted octanol–water partition coefficient (Wildman–Crippen LogP) is 3.28. The third-order valence-corrected chi connectivity index (χ3v) is 5.16. The van der Waals surface area contributed by atoms with E-state index >= 15 is 0 Å². The fourth-order valence-corrected chi connectivity index (χ4v) is 3.59. The maximum absolute atomic E-state index is 12.1. The van der Waals surface area contributed by atoms with Gasteiger partial charge < -0.3 is 24.1 Å². The summed E-state index contributed by atoms with van der Waals surface area (Å²) in [5.41, 5.74) is 1.49. The molecule has 0 unspecified atom stereocenters. The van der Waals surface area contributed by atoms with Crippen LogP contribution in [0, 0.1) is 5.92 Å². The number of ether oxygens (including phenoxy) is 3. The Labute approximate surface area is 158 Å². The minimum atomic E-state index is -0.0757. The molecular formula is C20H24N2O5. The number of aromatic nitrogens is 1. The van der Waals surface area contributed by atoms with Gasteiger partial charge in [0.15, 0.2) is 17.3 Å². The summed E-state index contributed by atoms with van der Waals surface area (Å²) in [5, 5.41) is 7.08. The molecule has 0 radical (unpaired) electrons. The molecule has 1 fully saturated rings. The van der Waals surface area contributed by atoms with Crippen LogP contribution in [0.4, 0.5) is 0 Å². The number of nitrogens with one attached hydrogen (secondary N) is 1. The number of amides is 1. The lowest BCUT2D eigenvalue weighted by Crippen LogP contribution is -2.42. The van der Waals surface area contributed by atoms with Crippen LogP contribution < -0.4 is 14.8 Å². The van der Waals surface area contributed by atoms with Gasteiger partial charge in [-0.25, -0.2) is 0 Å².